The molecule has 16 heavy (non-hydrogen) atoms. The Kier molecular flexibility index (Phi) is 2.73. The number of sulfone groups is 1. The Bertz CT molecular complexity index is 471. The van der Waals surface area contributed by atoms with E-state index < -0.39 is 27.0 Å². The van der Waals surface area contributed by atoms with Gasteiger partial charge < -0.3 is 9.84 Å². The third-order valence-corrected chi connectivity index (χ3v) is 5.11. The van der Waals surface area contributed by atoms with Crippen molar-refractivity contribution in [2.24, 2.45) is 0 Å². The molecule has 0 amide bonds. The molecule has 0 unspecified atom stereocenters. The van der Waals surface area contributed by atoms with Gasteiger partial charge in [0.2, 0.25) is 0 Å². The van der Waals surface area contributed by atoms with Crippen LogP contribution in [0.1, 0.15) is 0 Å². The maximum absolute atomic E-state index is 12.7. The van der Waals surface area contributed by atoms with Crippen LogP contribution >= 0.6 is 0 Å². The van der Waals surface area contributed by atoms with Gasteiger partial charge in [0, 0.05) is 0 Å². The summed E-state index contributed by atoms with van der Waals surface area (Å²) in [7, 11) is -3.67. The van der Waals surface area contributed by atoms with Gasteiger partial charge in [0.05, 0.1) is 24.7 Å². The molecule has 4 nitrogen and oxygen atoms in total. The van der Waals surface area contributed by atoms with Gasteiger partial charge in [0.1, 0.15) is 10.6 Å². The molecule has 0 atom stereocenters. The highest BCUT2D eigenvalue weighted by atomic mass is 32.2. The zero-order chi connectivity index (χ0) is 11.8. The van der Waals surface area contributed by atoms with E-state index >= 15 is 0 Å². The molecule has 1 aromatic rings. The van der Waals surface area contributed by atoms with Crippen molar-refractivity contribution in [3.05, 3.63) is 30.1 Å². The van der Waals surface area contributed by atoms with E-state index in [1.807, 2.05) is 0 Å². The van der Waals surface area contributed by atoms with Gasteiger partial charge in [0.25, 0.3) is 0 Å². The Balaban J connectivity index is 2.42. The van der Waals surface area contributed by atoms with E-state index in [1.54, 1.807) is 0 Å². The van der Waals surface area contributed by atoms with Crippen molar-refractivity contribution in [2.45, 2.75) is 9.64 Å². The van der Waals surface area contributed by atoms with Crippen LogP contribution in [0.25, 0.3) is 0 Å². The van der Waals surface area contributed by atoms with Crippen LogP contribution in [-0.2, 0) is 14.6 Å². The molecule has 1 aromatic carbocycles. The first kappa shape index (κ1) is 11.5. The van der Waals surface area contributed by atoms with Gasteiger partial charge in [-0.1, -0.05) is 0 Å². The second-order valence-electron chi connectivity index (χ2n) is 3.79. The van der Waals surface area contributed by atoms with Crippen molar-refractivity contribution in [3.8, 4) is 0 Å². The molecule has 1 aliphatic heterocycles. The zero-order valence-corrected chi connectivity index (χ0v) is 9.21. The van der Waals surface area contributed by atoms with E-state index in [2.05, 4.69) is 0 Å². The van der Waals surface area contributed by atoms with Gasteiger partial charge >= 0.3 is 0 Å². The van der Waals surface area contributed by atoms with Crippen molar-refractivity contribution in [1.82, 2.24) is 0 Å². The number of aliphatic hydroxyl groups is 1. The molecular formula is C10H11FO4S. The van der Waals surface area contributed by atoms with E-state index in [-0.39, 0.29) is 18.1 Å². The van der Waals surface area contributed by atoms with Gasteiger partial charge in [-0.2, -0.15) is 0 Å². The summed E-state index contributed by atoms with van der Waals surface area (Å²) in [5.41, 5.74) is 0. The summed E-state index contributed by atoms with van der Waals surface area (Å²) in [6.07, 6.45) is 0. The van der Waals surface area contributed by atoms with Crippen LogP contribution in [0.15, 0.2) is 29.2 Å². The van der Waals surface area contributed by atoms with Crippen LogP contribution in [0.2, 0.25) is 0 Å². The maximum atomic E-state index is 12.7. The molecule has 1 aliphatic rings. The summed E-state index contributed by atoms with van der Waals surface area (Å²) < 4.78 is 40.5. The Morgan fingerprint density at radius 1 is 1.31 bits per heavy atom. The monoisotopic (exact) mass is 246 g/mol. The quantitative estimate of drug-likeness (QED) is 0.782. The summed E-state index contributed by atoms with van der Waals surface area (Å²) in [6, 6.07) is 4.55. The van der Waals surface area contributed by atoms with E-state index in [1.165, 1.54) is 12.1 Å². The second-order valence-corrected chi connectivity index (χ2v) is 6.14. The summed E-state index contributed by atoms with van der Waals surface area (Å²) in [5.74, 6) is -0.498. The highest BCUT2D eigenvalue weighted by Gasteiger charge is 2.50. The van der Waals surface area contributed by atoms with Crippen LogP contribution in [0.5, 0.6) is 0 Å². The minimum Gasteiger partial charge on any atom is -0.395 e. The molecular weight excluding hydrogens is 235 g/mol. The molecule has 1 heterocycles. The molecule has 0 aromatic heterocycles. The molecule has 88 valence electrons. The molecule has 0 radical (unpaired) electrons. The van der Waals surface area contributed by atoms with Gasteiger partial charge in [0.15, 0.2) is 9.84 Å². The van der Waals surface area contributed by atoms with Crippen molar-refractivity contribution in [1.29, 1.82) is 0 Å². The minimum absolute atomic E-state index is 0.00579. The highest BCUT2D eigenvalue weighted by molar-refractivity contribution is 7.93. The third kappa shape index (κ3) is 1.53. The van der Waals surface area contributed by atoms with Gasteiger partial charge in [-0.15, -0.1) is 0 Å². The Hall–Kier alpha value is -0.980. The number of benzene rings is 1. The lowest BCUT2D eigenvalue weighted by Gasteiger charge is -2.38. The smallest absolute Gasteiger partial charge is 0.190 e. The Morgan fingerprint density at radius 2 is 1.88 bits per heavy atom. The van der Waals surface area contributed by atoms with E-state index in [9.17, 15) is 12.8 Å². The lowest BCUT2D eigenvalue weighted by molar-refractivity contribution is -0.0367. The van der Waals surface area contributed by atoms with Crippen LogP contribution in [0, 0.1) is 5.82 Å². The number of aliphatic hydroxyl groups excluding tert-OH is 1. The first-order chi connectivity index (χ1) is 7.52. The standard InChI is InChI=1S/C10H11FO4S/c11-8-1-3-9(4-2-8)16(13,14)10(5-12)6-15-7-10/h1-4,12H,5-7H2. The first-order valence-electron chi connectivity index (χ1n) is 4.71. The molecule has 6 heteroatoms. The van der Waals surface area contributed by atoms with Crippen molar-refractivity contribution in [3.63, 3.8) is 0 Å². The number of halogens is 1. The Morgan fingerprint density at radius 3 is 2.25 bits per heavy atom. The molecule has 0 bridgehead atoms. The summed E-state index contributed by atoms with van der Waals surface area (Å²) in [4.78, 5) is 0.00579. The first-order valence-corrected chi connectivity index (χ1v) is 6.19. The van der Waals surface area contributed by atoms with Gasteiger partial charge in [-0.25, -0.2) is 12.8 Å². The van der Waals surface area contributed by atoms with Crippen molar-refractivity contribution < 1.29 is 22.7 Å². The van der Waals surface area contributed by atoms with E-state index in [0.29, 0.717) is 0 Å². The third-order valence-electron chi connectivity index (χ3n) is 2.71. The average Bonchev–Trinajstić information content (AvgIpc) is 2.17. The largest absolute Gasteiger partial charge is 0.395 e. The summed E-state index contributed by atoms with van der Waals surface area (Å²) in [5, 5.41) is 9.15. The predicted octanol–water partition coefficient (Wildman–Crippen LogP) is 0.361. The number of hydrogen-bond donors (Lipinski definition) is 1. The Labute approximate surface area is 92.6 Å². The second kappa shape index (κ2) is 3.80. The van der Waals surface area contributed by atoms with Crippen LogP contribution in [-0.4, -0.2) is 38.1 Å². The molecule has 0 saturated carbocycles. The fourth-order valence-electron chi connectivity index (χ4n) is 1.52. The van der Waals surface area contributed by atoms with Crippen molar-refractivity contribution in [2.75, 3.05) is 19.8 Å². The molecule has 0 aliphatic carbocycles. The van der Waals surface area contributed by atoms with Gasteiger partial charge in [-0.3, -0.25) is 0 Å². The zero-order valence-electron chi connectivity index (χ0n) is 8.39. The number of ether oxygens (including phenoxy) is 1. The number of hydrogen-bond acceptors (Lipinski definition) is 4. The van der Waals surface area contributed by atoms with Crippen molar-refractivity contribution >= 4 is 9.84 Å². The fourth-order valence-corrected chi connectivity index (χ4v) is 3.17. The average molecular weight is 246 g/mol. The van der Waals surface area contributed by atoms with Crippen LogP contribution in [0.3, 0.4) is 0 Å². The van der Waals surface area contributed by atoms with E-state index in [0.717, 1.165) is 12.1 Å². The molecule has 1 saturated heterocycles. The number of rotatable bonds is 3. The predicted molar refractivity (Wildman–Crippen MR) is 54.2 cm³/mol. The molecule has 2 rings (SSSR count). The van der Waals surface area contributed by atoms with E-state index in [4.69, 9.17) is 9.84 Å². The minimum atomic E-state index is -3.67. The lowest BCUT2D eigenvalue weighted by atomic mass is 10.1. The van der Waals surface area contributed by atoms with Gasteiger partial charge in [-0.05, 0) is 24.3 Å². The molecule has 0 spiro atoms. The lowest BCUT2D eigenvalue weighted by Crippen LogP contribution is -2.58. The molecule has 1 N–H and O–H groups in total. The normalized spacial score (nSPS) is 19.1. The maximum Gasteiger partial charge on any atom is 0.190 e. The SMILES string of the molecule is O=S(=O)(c1ccc(F)cc1)C1(CO)COC1. The summed E-state index contributed by atoms with van der Waals surface area (Å²) in [6.45, 7) is -0.543. The highest BCUT2D eigenvalue weighted by Crippen LogP contribution is 2.32. The van der Waals surface area contributed by atoms with Crippen LogP contribution in [0.4, 0.5) is 4.39 Å². The van der Waals surface area contributed by atoms with Crippen LogP contribution < -0.4 is 0 Å². The fraction of sp³-hybridized carbons (Fsp3) is 0.400. The topological polar surface area (TPSA) is 63.6 Å². The summed E-state index contributed by atoms with van der Waals surface area (Å²) >= 11 is 0. The molecule has 1 fully saturated rings.